The van der Waals surface area contributed by atoms with Gasteiger partial charge in [0, 0.05) is 29.4 Å². The van der Waals surface area contributed by atoms with E-state index in [2.05, 4.69) is 15.3 Å². The summed E-state index contributed by atoms with van der Waals surface area (Å²) in [5.74, 6) is -3.77. The summed E-state index contributed by atoms with van der Waals surface area (Å²) < 4.78 is 11.4. The van der Waals surface area contributed by atoms with Crippen molar-refractivity contribution in [1.82, 2.24) is 9.99 Å². The molecule has 1 amide bonds. The third-order valence-corrected chi connectivity index (χ3v) is 4.97. The first-order valence-electron chi connectivity index (χ1n) is 10.3. The van der Waals surface area contributed by atoms with Crippen molar-refractivity contribution in [3.05, 3.63) is 70.5 Å². The van der Waals surface area contributed by atoms with Crippen molar-refractivity contribution >= 4 is 24.1 Å². The molecule has 0 aliphatic carbocycles. The number of phenols is 3. The molecule has 11 nitrogen and oxygen atoms in total. The molecule has 1 aromatic heterocycles. The number of esters is 2. The van der Waals surface area contributed by atoms with Crippen molar-refractivity contribution < 1.29 is 39.2 Å². The fraction of sp³-hybridized carbons (Fsp3) is 0.167. The van der Waals surface area contributed by atoms with Crippen LogP contribution in [0.5, 0.6) is 17.2 Å². The van der Waals surface area contributed by atoms with Crippen LogP contribution < -0.4 is 5.43 Å². The maximum absolute atomic E-state index is 12.7. The highest BCUT2D eigenvalue weighted by Crippen LogP contribution is 2.36. The van der Waals surface area contributed by atoms with E-state index in [1.165, 1.54) is 31.2 Å². The number of ether oxygens (including phenoxy) is 2. The number of amides is 1. The Labute approximate surface area is 199 Å². The maximum atomic E-state index is 12.7. The van der Waals surface area contributed by atoms with Crippen LogP contribution in [0.4, 0.5) is 0 Å². The van der Waals surface area contributed by atoms with Crippen molar-refractivity contribution in [2.45, 2.75) is 20.8 Å². The van der Waals surface area contributed by atoms with Crippen LogP contribution in [0.15, 0.2) is 47.6 Å². The predicted octanol–water partition coefficient (Wildman–Crippen LogP) is 2.65. The highest BCUT2D eigenvalue weighted by molar-refractivity contribution is 5.99. The number of aryl methyl sites for hydroxylation is 2. The fourth-order valence-corrected chi connectivity index (χ4v) is 3.24. The van der Waals surface area contributed by atoms with Gasteiger partial charge in [-0.05, 0) is 56.3 Å². The molecular formula is C24H23N3O8. The van der Waals surface area contributed by atoms with E-state index >= 15 is 0 Å². The second-order valence-corrected chi connectivity index (χ2v) is 7.44. The molecule has 0 atom stereocenters. The smallest absolute Gasteiger partial charge is 0.343 e. The fourth-order valence-electron chi connectivity index (χ4n) is 3.24. The number of nitrogens with one attached hydrogen (secondary N) is 1. The molecule has 0 saturated heterocycles. The Morgan fingerprint density at radius 1 is 0.971 bits per heavy atom. The lowest BCUT2D eigenvalue weighted by Gasteiger charge is -2.15. The van der Waals surface area contributed by atoms with Crippen LogP contribution in [0.1, 0.15) is 44.6 Å². The number of hydrogen-bond acceptors (Lipinski definition) is 9. The number of aromatic nitrogens is 1. The molecule has 4 N–H and O–H groups in total. The van der Waals surface area contributed by atoms with Crippen LogP contribution in [-0.2, 0) is 14.3 Å². The van der Waals surface area contributed by atoms with Gasteiger partial charge in [-0.1, -0.05) is 0 Å². The van der Waals surface area contributed by atoms with Crippen LogP contribution in [0.2, 0.25) is 0 Å². The van der Waals surface area contributed by atoms with E-state index in [1.807, 2.05) is 26.0 Å². The first-order chi connectivity index (χ1) is 16.6. The van der Waals surface area contributed by atoms with Gasteiger partial charge >= 0.3 is 11.9 Å². The molecule has 2 aromatic carbocycles. The average molecular weight is 481 g/mol. The Bertz CT molecular complexity index is 1310. The molecule has 0 saturated carbocycles. The standard InChI is InChI=1S/C24H23N3O8/c1-13-4-5-14(2)27(13)19-10-16(6-8-18(19)24(33)35-12-34-15(3)28)23(32)26-25-11-17-7-9-20(29)22(31)21(17)30/h4-11,29-31H,12H2,1-3H3,(H,26,32)/b25-11+. The summed E-state index contributed by atoms with van der Waals surface area (Å²) in [5.41, 5.74) is 4.64. The molecule has 3 rings (SSSR count). The molecule has 1 heterocycles. The van der Waals surface area contributed by atoms with Crippen LogP contribution >= 0.6 is 0 Å². The average Bonchev–Trinajstić information content (AvgIpc) is 3.15. The van der Waals surface area contributed by atoms with E-state index in [0.29, 0.717) is 5.69 Å². The molecule has 11 heteroatoms. The van der Waals surface area contributed by atoms with Crippen molar-refractivity contribution in [2.24, 2.45) is 5.10 Å². The lowest BCUT2D eigenvalue weighted by atomic mass is 10.1. The van der Waals surface area contributed by atoms with Gasteiger partial charge in [0.15, 0.2) is 11.5 Å². The number of phenolic OH excluding ortho intramolecular Hbond substituents is 3. The van der Waals surface area contributed by atoms with Gasteiger partial charge in [0.2, 0.25) is 12.5 Å². The lowest BCUT2D eigenvalue weighted by Crippen LogP contribution is -2.20. The molecule has 0 unspecified atom stereocenters. The van der Waals surface area contributed by atoms with Gasteiger partial charge in [-0.15, -0.1) is 0 Å². The maximum Gasteiger partial charge on any atom is 0.343 e. The third kappa shape index (κ3) is 5.58. The van der Waals surface area contributed by atoms with Gasteiger partial charge in [-0.3, -0.25) is 9.59 Å². The largest absolute Gasteiger partial charge is 0.504 e. The van der Waals surface area contributed by atoms with E-state index in [4.69, 9.17) is 4.74 Å². The predicted molar refractivity (Wildman–Crippen MR) is 124 cm³/mol. The van der Waals surface area contributed by atoms with Crippen LogP contribution in [0.3, 0.4) is 0 Å². The summed E-state index contributed by atoms with van der Waals surface area (Å²) in [6.07, 6.45) is 1.09. The highest BCUT2D eigenvalue weighted by atomic mass is 16.7. The minimum Gasteiger partial charge on any atom is -0.504 e. The van der Waals surface area contributed by atoms with Crippen molar-refractivity contribution in [3.8, 4) is 22.9 Å². The SMILES string of the molecule is CC(=O)OCOC(=O)c1ccc(C(=O)N/N=C/c2ccc(O)c(O)c2O)cc1-n1c(C)ccc1C. The summed E-state index contributed by atoms with van der Waals surface area (Å²) in [5, 5.41) is 32.6. The van der Waals surface area contributed by atoms with Gasteiger partial charge in [0.05, 0.1) is 17.5 Å². The first kappa shape index (κ1) is 24.8. The van der Waals surface area contributed by atoms with Gasteiger partial charge in [-0.2, -0.15) is 5.10 Å². The normalized spacial score (nSPS) is 10.8. The number of aromatic hydroxyl groups is 3. The zero-order chi connectivity index (χ0) is 25.7. The minimum absolute atomic E-state index is 0.0609. The van der Waals surface area contributed by atoms with E-state index in [9.17, 15) is 29.7 Å². The van der Waals surface area contributed by atoms with Crippen molar-refractivity contribution in [1.29, 1.82) is 0 Å². The summed E-state index contributed by atoms with van der Waals surface area (Å²) in [6.45, 7) is 4.30. The summed E-state index contributed by atoms with van der Waals surface area (Å²) >= 11 is 0. The molecule has 0 bridgehead atoms. The number of rotatable bonds is 7. The number of hydrazone groups is 1. The number of carbonyl (C=O) groups is 3. The zero-order valence-electron chi connectivity index (χ0n) is 19.1. The van der Waals surface area contributed by atoms with E-state index in [0.717, 1.165) is 23.7 Å². The second kappa shape index (κ2) is 10.4. The topological polar surface area (TPSA) is 160 Å². The zero-order valence-corrected chi connectivity index (χ0v) is 19.1. The lowest BCUT2D eigenvalue weighted by molar-refractivity contribution is -0.149. The van der Waals surface area contributed by atoms with Gasteiger partial charge in [-0.25, -0.2) is 10.2 Å². The molecule has 0 radical (unpaired) electrons. The van der Waals surface area contributed by atoms with Crippen LogP contribution in [-0.4, -0.2) is 50.7 Å². The minimum atomic E-state index is -0.749. The molecule has 182 valence electrons. The Balaban J connectivity index is 1.88. The molecule has 0 fully saturated rings. The van der Waals surface area contributed by atoms with Gasteiger partial charge < -0.3 is 29.4 Å². The Kier molecular flexibility index (Phi) is 7.40. The molecule has 0 spiro atoms. The van der Waals surface area contributed by atoms with Crippen molar-refractivity contribution in [3.63, 3.8) is 0 Å². The van der Waals surface area contributed by atoms with Gasteiger partial charge in [0.1, 0.15) is 0 Å². The monoisotopic (exact) mass is 481 g/mol. The summed E-state index contributed by atoms with van der Waals surface area (Å²) in [4.78, 5) is 36.3. The van der Waals surface area contributed by atoms with E-state index in [1.54, 1.807) is 4.57 Å². The first-order valence-corrected chi connectivity index (χ1v) is 10.3. The highest BCUT2D eigenvalue weighted by Gasteiger charge is 2.19. The quantitative estimate of drug-likeness (QED) is 0.132. The number of nitrogens with zero attached hydrogens (tertiary/aromatic N) is 2. The molecule has 0 aliphatic heterocycles. The van der Waals surface area contributed by atoms with Crippen LogP contribution in [0, 0.1) is 13.8 Å². The number of hydrogen-bond donors (Lipinski definition) is 4. The third-order valence-electron chi connectivity index (χ3n) is 4.97. The molecule has 3 aromatic rings. The Morgan fingerprint density at radius 2 is 1.66 bits per heavy atom. The van der Waals surface area contributed by atoms with Crippen molar-refractivity contribution in [2.75, 3.05) is 6.79 Å². The Hall–Kier alpha value is -4.80. The number of benzene rings is 2. The molecule has 0 aliphatic rings. The van der Waals surface area contributed by atoms with E-state index < -0.39 is 41.9 Å². The summed E-state index contributed by atoms with van der Waals surface area (Å²) in [6, 6.07) is 10.4. The Morgan fingerprint density at radius 3 is 2.31 bits per heavy atom. The van der Waals surface area contributed by atoms with Gasteiger partial charge in [0.25, 0.3) is 5.91 Å². The van der Waals surface area contributed by atoms with Crippen LogP contribution in [0.25, 0.3) is 5.69 Å². The second-order valence-electron chi connectivity index (χ2n) is 7.44. The number of carbonyl (C=O) groups excluding carboxylic acids is 3. The molecule has 35 heavy (non-hydrogen) atoms. The van der Waals surface area contributed by atoms with E-state index in [-0.39, 0.29) is 16.7 Å². The molecular weight excluding hydrogens is 458 g/mol. The summed E-state index contributed by atoms with van der Waals surface area (Å²) in [7, 11) is 0.